The van der Waals surface area contributed by atoms with Crippen LogP contribution in [0, 0.1) is 0 Å². The predicted molar refractivity (Wildman–Crippen MR) is 116 cm³/mol. The third-order valence-corrected chi connectivity index (χ3v) is 8.77. The fourth-order valence-electron chi connectivity index (χ4n) is 5.96. The van der Waals surface area contributed by atoms with E-state index in [4.69, 9.17) is 0 Å². The molecular weight excluding hydrogens is 384 g/mol. The molecule has 1 N–H and O–H groups in total. The highest BCUT2D eigenvalue weighted by Gasteiger charge is 2.43. The summed E-state index contributed by atoms with van der Waals surface area (Å²) in [7, 11) is -3.19. The molecular formula is C23H36N2O3S. The van der Waals surface area contributed by atoms with Gasteiger partial charge in [-0.2, -0.15) is 4.31 Å². The van der Waals surface area contributed by atoms with Gasteiger partial charge >= 0.3 is 0 Å². The summed E-state index contributed by atoms with van der Waals surface area (Å²) in [6.07, 6.45) is 10.1. The fourth-order valence-corrected chi connectivity index (χ4v) is 7.16. The molecule has 3 fully saturated rings. The summed E-state index contributed by atoms with van der Waals surface area (Å²) < 4.78 is 26.5. The maximum atomic E-state index is 12.4. The largest absolute Gasteiger partial charge is 0.389 e. The Morgan fingerprint density at radius 2 is 1.66 bits per heavy atom. The molecule has 0 radical (unpaired) electrons. The molecule has 1 aliphatic carbocycles. The second-order valence-corrected chi connectivity index (χ2v) is 11.5. The lowest BCUT2D eigenvalue weighted by molar-refractivity contribution is -0.0539. The van der Waals surface area contributed by atoms with E-state index < -0.39 is 15.6 Å². The number of aliphatic hydroxyl groups is 1. The van der Waals surface area contributed by atoms with Crippen LogP contribution in [0.3, 0.4) is 0 Å². The number of hydrogen-bond donors (Lipinski definition) is 1. The molecule has 4 rings (SSSR count). The van der Waals surface area contributed by atoms with Gasteiger partial charge in [0.25, 0.3) is 0 Å². The van der Waals surface area contributed by atoms with E-state index in [0.29, 0.717) is 19.0 Å². The van der Waals surface area contributed by atoms with Crippen molar-refractivity contribution in [3.63, 3.8) is 0 Å². The van der Waals surface area contributed by atoms with Crippen LogP contribution in [0.4, 0.5) is 0 Å². The van der Waals surface area contributed by atoms with Gasteiger partial charge in [0.15, 0.2) is 0 Å². The summed E-state index contributed by atoms with van der Waals surface area (Å²) in [4.78, 5) is 2.43. The first-order chi connectivity index (χ1) is 13.9. The van der Waals surface area contributed by atoms with Gasteiger partial charge in [-0.1, -0.05) is 36.8 Å². The third-order valence-electron chi connectivity index (χ3n) is 7.47. The zero-order valence-electron chi connectivity index (χ0n) is 17.7. The molecule has 2 saturated heterocycles. The summed E-state index contributed by atoms with van der Waals surface area (Å²) >= 11 is 0. The van der Waals surface area contributed by atoms with Crippen molar-refractivity contribution < 1.29 is 13.5 Å². The highest BCUT2D eigenvalue weighted by Crippen LogP contribution is 2.40. The number of hydrogen-bond acceptors (Lipinski definition) is 4. The van der Waals surface area contributed by atoms with Crippen molar-refractivity contribution in [3.05, 3.63) is 35.9 Å². The smallest absolute Gasteiger partial charge is 0.211 e. The van der Waals surface area contributed by atoms with E-state index in [1.165, 1.54) is 11.8 Å². The molecule has 2 aliphatic heterocycles. The normalized spacial score (nSPS) is 35.0. The van der Waals surface area contributed by atoms with Crippen molar-refractivity contribution in [1.82, 2.24) is 9.21 Å². The number of nitrogens with zero attached hydrogens (tertiary/aromatic N) is 2. The molecule has 6 heteroatoms. The van der Waals surface area contributed by atoms with Crippen molar-refractivity contribution >= 4 is 10.0 Å². The second kappa shape index (κ2) is 8.66. The van der Waals surface area contributed by atoms with Gasteiger partial charge in [-0.15, -0.1) is 0 Å². The molecule has 0 amide bonds. The Bertz CT molecular complexity index is 775. The Labute approximate surface area is 176 Å². The standard InChI is InChI=1S/C23H36N2O3S/c1-29(27,28)25-17-6-5-10-21-22(25)11-7-16-24(21)18-23(26)14-12-20(13-15-23)19-8-3-2-4-9-19/h2-4,8-9,20-22,26H,5-7,10-18H2,1H3/t20?,21-,22-,23?/m1/s1. The lowest BCUT2D eigenvalue weighted by atomic mass is 9.75. The number of β-amino-alcohol motifs (C(OH)–C–C–N with tert-alkyl or cyclic N) is 1. The highest BCUT2D eigenvalue weighted by molar-refractivity contribution is 7.88. The van der Waals surface area contributed by atoms with E-state index in [1.807, 2.05) is 0 Å². The Hall–Kier alpha value is -0.950. The Balaban J connectivity index is 1.43. The van der Waals surface area contributed by atoms with Crippen LogP contribution in [0.1, 0.15) is 69.3 Å². The van der Waals surface area contributed by atoms with Gasteiger partial charge in [-0.05, 0) is 69.4 Å². The third kappa shape index (κ3) is 4.87. The van der Waals surface area contributed by atoms with Crippen LogP contribution in [0.15, 0.2) is 30.3 Å². The van der Waals surface area contributed by atoms with Crippen LogP contribution < -0.4 is 0 Å². The molecule has 0 aromatic heterocycles. The molecule has 2 heterocycles. The summed E-state index contributed by atoms with van der Waals surface area (Å²) in [5.41, 5.74) is 0.746. The zero-order chi connectivity index (χ0) is 20.5. The predicted octanol–water partition coefficient (Wildman–Crippen LogP) is 3.35. The number of rotatable bonds is 4. The van der Waals surface area contributed by atoms with E-state index in [9.17, 15) is 13.5 Å². The first-order valence-electron chi connectivity index (χ1n) is 11.3. The van der Waals surface area contributed by atoms with Gasteiger partial charge in [0, 0.05) is 25.2 Å². The quantitative estimate of drug-likeness (QED) is 0.811. The minimum absolute atomic E-state index is 0.0745. The first-order valence-corrected chi connectivity index (χ1v) is 13.2. The van der Waals surface area contributed by atoms with Crippen LogP contribution in [-0.2, 0) is 10.0 Å². The first kappa shape index (κ1) is 21.3. The molecule has 0 spiro atoms. The van der Waals surface area contributed by atoms with Gasteiger partial charge in [0.2, 0.25) is 10.0 Å². The van der Waals surface area contributed by atoms with Gasteiger partial charge in [0.05, 0.1) is 11.9 Å². The average Bonchev–Trinajstić information content (AvgIpc) is 2.92. The van der Waals surface area contributed by atoms with E-state index in [0.717, 1.165) is 64.3 Å². The molecule has 3 aliphatic rings. The topological polar surface area (TPSA) is 60.9 Å². The average molecular weight is 421 g/mol. The maximum Gasteiger partial charge on any atom is 0.211 e. The lowest BCUT2D eigenvalue weighted by Gasteiger charge is -2.48. The van der Waals surface area contributed by atoms with E-state index >= 15 is 0 Å². The van der Waals surface area contributed by atoms with Crippen molar-refractivity contribution in [3.8, 4) is 0 Å². The molecule has 0 bridgehead atoms. The Morgan fingerprint density at radius 1 is 0.966 bits per heavy atom. The number of benzene rings is 1. The van der Waals surface area contributed by atoms with Crippen LogP contribution >= 0.6 is 0 Å². The van der Waals surface area contributed by atoms with Gasteiger partial charge in [-0.25, -0.2) is 8.42 Å². The monoisotopic (exact) mass is 420 g/mol. The SMILES string of the molecule is CS(=O)(=O)N1CCCC[C@@H]2[C@H]1CCCN2CC1(O)CCC(c2ccccc2)CC1. The van der Waals surface area contributed by atoms with E-state index in [-0.39, 0.29) is 12.1 Å². The number of sulfonamides is 1. The summed E-state index contributed by atoms with van der Waals surface area (Å²) in [6, 6.07) is 11.0. The van der Waals surface area contributed by atoms with Gasteiger partial charge in [-0.3, -0.25) is 4.90 Å². The van der Waals surface area contributed by atoms with Crippen LogP contribution in [-0.4, -0.2) is 66.3 Å². The molecule has 1 aromatic rings. The van der Waals surface area contributed by atoms with Gasteiger partial charge < -0.3 is 5.11 Å². The molecule has 162 valence electrons. The van der Waals surface area contributed by atoms with Crippen LogP contribution in [0.5, 0.6) is 0 Å². The molecule has 5 nitrogen and oxygen atoms in total. The lowest BCUT2D eigenvalue weighted by Crippen LogP contribution is -2.59. The summed E-state index contributed by atoms with van der Waals surface area (Å²) in [5.74, 6) is 0.546. The molecule has 29 heavy (non-hydrogen) atoms. The number of fused-ring (bicyclic) bond motifs is 1. The molecule has 0 unspecified atom stereocenters. The minimum atomic E-state index is -3.19. The summed E-state index contributed by atoms with van der Waals surface area (Å²) in [5, 5.41) is 11.4. The Kier molecular flexibility index (Phi) is 6.35. The van der Waals surface area contributed by atoms with Crippen molar-refractivity contribution in [2.24, 2.45) is 0 Å². The van der Waals surface area contributed by atoms with Crippen LogP contribution in [0.2, 0.25) is 0 Å². The molecule has 1 saturated carbocycles. The minimum Gasteiger partial charge on any atom is -0.389 e. The van der Waals surface area contributed by atoms with Crippen molar-refractivity contribution in [2.45, 2.75) is 81.4 Å². The zero-order valence-corrected chi connectivity index (χ0v) is 18.5. The maximum absolute atomic E-state index is 12.4. The molecule has 1 aromatic carbocycles. The fraction of sp³-hybridized carbons (Fsp3) is 0.739. The van der Waals surface area contributed by atoms with E-state index in [1.54, 1.807) is 4.31 Å². The molecule has 2 atom stereocenters. The van der Waals surface area contributed by atoms with Crippen LogP contribution in [0.25, 0.3) is 0 Å². The highest BCUT2D eigenvalue weighted by atomic mass is 32.2. The summed E-state index contributed by atoms with van der Waals surface area (Å²) in [6.45, 7) is 2.31. The number of piperidine rings is 1. The number of likely N-dealkylation sites (tertiary alicyclic amines) is 1. The Morgan fingerprint density at radius 3 is 2.34 bits per heavy atom. The second-order valence-electron chi connectivity index (χ2n) is 9.53. The van der Waals surface area contributed by atoms with Crippen molar-refractivity contribution in [1.29, 1.82) is 0 Å². The van der Waals surface area contributed by atoms with E-state index in [2.05, 4.69) is 35.2 Å². The van der Waals surface area contributed by atoms with Crippen molar-refractivity contribution in [2.75, 3.05) is 25.9 Å². The van der Waals surface area contributed by atoms with Gasteiger partial charge in [0.1, 0.15) is 0 Å².